The van der Waals surface area contributed by atoms with Gasteiger partial charge in [0.2, 0.25) is 0 Å². The first-order chi connectivity index (χ1) is 13.4. The van der Waals surface area contributed by atoms with Crippen molar-refractivity contribution in [3.63, 3.8) is 0 Å². The summed E-state index contributed by atoms with van der Waals surface area (Å²) >= 11 is 0. The number of nitrogens with zero attached hydrogens (tertiary/aromatic N) is 3. The maximum Gasteiger partial charge on any atom is 0.256 e. The van der Waals surface area contributed by atoms with Gasteiger partial charge in [0, 0.05) is 29.0 Å². The number of fused-ring (bicyclic) bond motifs is 1. The summed E-state index contributed by atoms with van der Waals surface area (Å²) in [5, 5.41) is 10.9. The van der Waals surface area contributed by atoms with Gasteiger partial charge in [-0.25, -0.2) is 9.67 Å². The molecule has 1 aliphatic carbocycles. The van der Waals surface area contributed by atoms with Gasteiger partial charge in [0.15, 0.2) is 5.65 Å². The van der Waals surface area contributed by atoms with Crippen LogP contribution in [0.25, 0.3) is 11.0 Å². The number of carbonyl (C=O) groups excluding carboxylic acids is 2. The van der Waals surface area contributed by atoms with Crippen LogP contribution in [0.5, 0.6) is 0 Å². The summed E-state index contributed by atoms with van der Waals surface area (Å²) in [6.07, 6.45) is 3.78. The van der Waals surface area contributed by atoms with Gasteiger partial charge in [-0.15, -0.1) is 0 Å². The third kappa shape index (κ3) is 3.60. The van der Waals surface area contributed by atoms with Crippen molar-refractivity contribution in [2.24, 2.45) is 0 Å². The van der Waals surface area contributed by atoms with E-state index in [0.29, 0.717) is 28.5 Å². The Morgan fingerprint density at radius 2 is 1.86 bits per heavy atom. The molecule has 0 aliphatic heterocycles. The van der Waals surface area contributed by atoms with Crippen molar-refractivity contribution in [2.45, 2.75) is 45.7 Å². The van der Waals surface area contributed by atoms with Crippen LogP contribution in [-0.2, 0) is 0 Å². The molecule has 0 spiro atoms. The van der Waals surface area contributed by atoms with Crippen LogP contribution < -0.4 is 10.6 Å². The van der Waals surface area contributed by atoms with E-state index < -0.39 is 0 Å². The molecule has 1 aromatic carbocycles. The van der Waals surface area contributed by atoms with Crippen molar-refractivity contribution in [2.75, 3.05) is 5.32 Å². The predicted molar refractivity (Wildman–Crippen MR) is 108 cm³/mol. The van der Waals surface area contributed by atoms with Gasteiger partial charge in [-0.2, -0.15) is 5.10 Å². The summed E-state index contributed by atoms with van der Waals surface area (Å²) in [4.78, 5) is 29.5. The molecule has 3 aromatic rings. The number of hydrogen-bond donors (Lipinski definition) is 2. The number of pyridine rings is 1. The van der Waals surface area contributed by atoms with Crippen LogP contribution in [0.4, 0.5) is 5.69 Å². The molecule has 28 heavy (non-hydrogen) atoms. The Morgan fingerprint density at radius 3 is 2.50 bits per heavy atom. The number of aryl methyl sites for hydroxylation is 1. The third-order valence-corrected chi connectivity index (χ3v) is 4.75. The Labute approximate surface area is 163 Å². The van der Waals surface area contributed by atoms with Crippen LogP contribution in [0.1, 0.15) is 59.1 Å². The van der Waals surface area contributed by atoms with Gasteiger partial charge in [0.05, 0.1) is 17.1 Å². The predicted octanol–water partition coefficient (Wildman–Crippen LogP) is 3.47. The highest BCUT2D eigenvalue weighted by Crippen LogP contribution is 2.23. The summed E-state index contributed by atoms with van der Waals surface area (Å²) in [5.41, 5.74) is 3.21. The van der Waals surface area contributed by atoms with E-state index in [1.165, 1.54) is 0 Å². The molecule has 7 heteroatoms. The molecule has 1 fully saturated rings. The molecule has 2 amide bonds. The fourth-order valence-corrected chi connectivity index (χ4v) is 3.11. The average Bonchev–Trinajstić information content (AvgIpc) is 3.37. The van der Waals surface area contributed by atoms with Gasteiger partial charge in [-0.3, -0.25) is 9.59 Å². The van der Waals surface area contributed by atoms with Crippen molar-refractivity contribution in [3.8, 4) is 0 Å². The van der Waals surface area contributed by atoms with Gasteiger partial charge in [-0.05, 0) is 63.9 Å². The molecular formula is C21H23N5O2. The number of hydrogen-bond acceptors (Lipinski definition) is 4. The van der Waals surface area contributed by atoms with Crippen molar-refractivity contribution in [1.82, 2.24) is 20.1 Å². The average molecular weight is 377 g/mol. The minimum Gasteiger partial charge on any atom is -0.349 e. The molecular weight excluding hydrogens is 354 g/mol. The fourth-order valence-electron chi connectivity index (χ4n) is 3.11. The number of amides is 2. The van der Waals surface area contributed by atoms with Gasteiger partial charge < -0.3 is 10.6 Å². The second kappa shape index (κ2) is 7.07. The first-order valence-electron chi connectivity index (χ1n) is 9.49. The van der Waals surface area contributed by atoms with Crippen LogP contribution in [0, 0.1) is 6.92 Å². The van der Waals surface area contributed by atoms with E-state index in [2.05, 4.69) is 20.7 Å². The highest BCUT2D eigenvalue weighted by Gasteiger charge is 2.23. The van der Waals surface area contributed by atoms with E-state index >= 15 is 0 Å². The van der Waals surface area contributed by atoms with Crippen LogP contribution in [0.3, 0.4) is 0 Å². The fraction of sp³-hybridized carbons (Fsp3) is 0.333. The zero-order valence-corrected chi connectivity index (χ0v) is 16.2. The lowest BCUT2D eigenvalue weighted by Gasteiger charge is -2.10. The molecule has 7 nitrogen and oxygen atoms in total. The zero-order valence-electron chi connectivity index (χ0n) is 16.2. The van der Waals surface area contributed by atoms with Crippen molar-refractivity contribution < 1.29 is 9.59 Å². The molecule has 0 radical (unpaired) electrons. The summed E-state index contributed by atoms with van der Waals surface area (Å²) in [6.45, 7) is 5.91. The summed E-state index contributed by atoms with van der Waals surface area (Å²) in [7, 11) is 0. The third-order valence-electron chi connectivity index (χ3n) is 4.75. The van der Waals surface area contributed by atoms with Crippen molar-refractivity contribution in [3.05, 3.63) is 53.3 Å². The highest BCUT2D eigenvalue weighted by molar-refractivity contribution is 6.12. The minimum absolute atomic E-state index is 0.0760. The Morgan fingerprint density at radius 1 is 1.14 bits per heavy atom. The number of benzene rings is 1. The monoisotopic (exact) mass is 377 g/mol. The molecule has 144 valence electrons. The molecule has 0 bridgehead atoms. The van der Waals surface area contributed by atoms with Crippen LogP contribution in [0.15, 0.2) is 36.5 Å². The SMILES string of the molecule is Cc1cc(C(=O)Nc2ccc(C(=O)NC3CC3)cc2)c2cnn(C(C)C)c2n1. The Hall–Kier alpha value is -3.22. The number of carbonyl (C=O) groups is 2. The van der Waals surface area contributed by atoms with Crippen molar-refractivity contribution in [1.29, 1.82) is 0 Å². The van der Waals surface area contributed by atoms with E-state index in [1.54, 1.807) is 36.5 Å². The smallest absolute Gasteiger partial charge is 0.256 e. The van der Waals surface area contributed by atoms with E-state index in [4.69, 9.17) is 0 Å². The summed E-state index contributed by atoms with van der Waals surface area (Å²) in [6, 6.07) is 9.15. The quantitative estimate of drug-likeness (QED) is 0.713. The summed E-state index contributed by atoms with van der Waals surface area (Å²) < 4.78 is 1.81. The van der Waals surface area contributed by atoms with Gasteiger partial charge in [0.1, 0.15) is 0 Å². The van der Waals surface area contributed by atoms with E-state index in [1.807, 2.05) is 25.5 Å². The molecule has 2 N–H and O–H groups in total. The van der Waals surface area contributed by atoms with E-state index in [0.717, 1.165) is 23.9 Å². The van der Waals surface area contributed by atoms with Gasteiger partial charge in [-0.1, -0.05) is 0 Å². The first kappa shape index (κ1) is 18.2. The molecule has 2 aromatic heterocycles. The second-order valence-corrected chi connectivity index (χ2v) is 7.51. The molecule has 0 unspecified atom stereocenters. The highest BCUT2D eigenvalue weighted by atomic mass is 16.2. The van der Waals surface area contributed by atoms with Crippen LogP contribution >= 0.6 is 0 Å². The lowest BCUT2D eigenvalue weighted by atomic mass is 10.1. The topological polar surface area (TPSA) is 88.9 Å². The molecule has 0 atom stereocenters. The molecule has 1 saturated carbocycles. The number of nitrogens with one attached hydrogen (secondary N) is 2. The first-order valence-corrected chi connectivity index (χ1v) is 9.49. The van der Waals surface area contributed by atoms with E-state index in [9.17, 15) is 9.59 Å². The second-order valence-electron chi connectivity index (χ2n) is 7.51. The zero-order chi connectivity index (χ0) is 19.8. The number of rotatable bonds is 5. The Balaban J connectivity index is 1.55. The standard InChI is InChI=1S/C21H23N5O2/c1-12(2)26-19-18(11-22-26)17(10-13(3)23-19)21(28)25-15-6-4-14(5-7-15)20(27)24-16-8-9-16/h4-7,10-12,16H,8-9H2,1-3H3,(H,24,27)(H,25,28). The van der Waals surface area contributed by atoms with Crippen molar-refractivity contribution >= 4 is 28.5 Å². The molecule has 2 heterocycles. The normalized spacial score (nSPS) is 13.7. The minimum atomic E-state index is -0.228. The molecule has 1 aliphatic rings. The van der Waals surface area contributed by atoms with Crippen LogP contribution in [-0.4, -0.2) is 32.6 Å². The summed E-state index contributed by atoms with van der Waals surface area (Å²) in [5.74, 6) is -0.304. The molecule has 4 rings (SSSR count). The molecule has 0 saturated heterocycles. The Bertz CT molecular complexity index is 1050. The number of aromatic nitrogens is 3. The number of anilines is 1. The largest absolute Gasteiger partial charge is 0.349 e. The van der Waals surface area contributed by atoms with Gasteiger partial charge in [0.25, 0.3) is 11.8 Å². The van der Waals surface area contributed by atoms with Crippen LogP contribution in [0.2, 0.25) is 0 Å². The maximum atomic E-state index is 12.9. The van der Waals surface area contributed by atoms with Gasteiger partial charge >= 0.3 is 0 Å². The Kier molecular flexibility index (Phi) is 4.58. The lowest BCUT2D eigenvalue weighted by Crippen LogP contribution is -2.25. The maximum absolute atomic E-state index is 12.9. The van der Waals surface area contributed by atoms with E-state index in [-0.39, 0.29) is 17.9 Å². The lowest BCUT2D eigenvalue weighted by molar-refractivity contribution is 0.0950.